The summed E-state index contributed by atoms with van der Waals surface area (Å²) in [4.78, 5) is 61.3. The molecule has 1 aliphatic rings. The number of hydrogen-bond donors (Lipinski definition) is 4. The number of carbonyl (C=O) groups excluding carboxylic acids is 5. The van der Waals surface area contributed by atoms with Crippen molar-refractivity contribution in [2.45, 2.75) is 78.0 Å². The van der Waals surface area contributed by atoms with Crippen LogP contribution in [0.3, 0.4) is 0 Å². The van der Waals surface area contributed by atoms with E-state index in [9.17, 15) is 29.1 Å². The zero-order valence-electron chi connectivity index (χ0n) is 23.8. The van der Waals surface area contributed by atoms with Crippen LogP contribution in [0.1, 0.15) is 81.5 Å². The number of fused-ring (bicyclic) bond motifs is 1. The maximum Gasteiger partial charge on any atom is 0.407 e. The summed E-state index contributed by atoms with van der Waals surface area (Å²) < 4.78 is 15.8. The highest BCUT2D eigenvalue weighted by atomic mass is 16.6. The number of benzene rings is 1. The molecule has 0 aromatic heterocycles. The molecule has 0 radical (unpaired) electrons. The zero-order chi connectivity index (χ0) is 30.1. The number of rotatable bonds is 11. The smallest absolute Gasteiger partial charge is 0.407 e. The monoisotopic (exact) mass is 561 g/mol. The summed E-state index contributed by atoms with van der Waals surface area (Å²) in [6.45, 7) is 10.4. The molecule has 0 saturated carbocycles. The van der Waals surface area contributed by atoms with E-state index in [1.54, 1.807) is 41.5 Å². The van der Waals surface area contributed by atoms with E-state index in [2.05, 4.69) is 16.0 Å². The first kappa shape index (κ1) is 32.1. The van der Waals surface area contributed by atoms with E-state index in [-0.39, 0.29) is 29.2 Å². The molecule has 0 spiro atoms. The summed E-state index contributed by atoms with van der Waals surface area (Å²) in [5.41, 5.74) is -1.43. The third-order valence-corrected chi connectivity index (χ3v) is 5.29. The van der Waals surface area contributed by atoms with Crippen LogP contribution in [0.25, 0.3) is 0 Å². The van der Waals surface area contributed by atoms with Crippen LogP contribution >= 0.6 is 0 Å². The quantitative estimate of drug-likeness (QED) is 0.296. The van der Waals surface area contributed by atoms with E-state index in [0.29, 0.717) is 25.8 Å². The highest BCUT2D eigenvalue weighted by molar-refractivity contribution is 6.24. The number of nitrogens with one attached hydrogen (secondary N) is 3. The van der Waals surface area contributed by atoms with Crippen molar-refractivity contribution >= 4 is 29.7 Å². The minimum atomic E-state index is -0.684. The SMILES string of the molecule is CC(C)(C)OC(=O)NCC(CCCCNC(=O)COC1=CC(=O)c2c(O)cccc2C1=O)NC(=O)OC(C)(C)C. The van der Waals surface area contributed by atoms with Gasteiger partial charge in [-0.3, -0.25) is 14.4 Å². The number of phenols is 1. The molecule has 1 atom stereocenters. The van der Waals surface area contributed by atoms with Gasteiger partial charge in [0.25, 0.3) is 5.91 Å². The highest BCUT2D eigenvalue weighted by Gasteiger charge is 2.29. The van der Waals surface area contributed by atoms with Gasteiger partial charge < -0.3 is 35.3 Å². The highest BCUT2D eigenvalue weighted by Crippen LogP contribution is 2.28. The molecule has 1 aliphatic carbocycles. The van der Waals surface area contributed by atoms with Crippen LogP contribution in [-0.2, 0) is 19.0 Å². The van der Waals surface area contributed by atoms with Crippen molar-refractivity contribution in [2.24, 2.45) is 0 Å². The van der Waals surface area contributed by atoms with Crippen molar-refractivity contribution in [2.75, 3.05) is 19.7 Å². The van der Waals surface area contributed by atoms with Crippen LogP contribution in [-0.4, -0.2) is 71.7 Å². The van der Waals surface area contributed by atoms with Gasteiger partial charge in [0, 0.05) is 30.8 Å². The molecule has 1 aromatic rings. The molecule has 12 nitrogen and oxygen atoms in total. The lowest BCUT2D eigenvalue weighted by Gasteiger charge is -2.25. The minimum Gasteiger partial charge on any atom is -0.507 e. The molecule has 0 fully saturated rings. The molecule has 220 valence electrons. The van der Waals surface area contributed by atoms with Gasteiger partial charge in [-0.05, 0) is 72.9 Å². The molecule has 2 rings (SSSR count). The fourth-order valence-electron chi connectivity index (χ4n) is 3.64. The summed E-state index contributed by atoms with van der Waals surface area (Å²) in [6.07, 6.45) is 1.37. The number of aromatic hydroxyl groups is 1. The van der Waals surface area contributed by atoms with Crippen molar-refractivity contribution in [1.29, 1.82) is 0 Å². The summed E-state index contributed by atoms with van der Waals surface area (Å²) >= 11 is 0. The number of Topliss-reactive ketones (excluding diaryl/α,β-unsaturated/α-hetero) is 1. The Bertz CT molecular complexity index is 1150. The Morgan fingerprint density at radius 3 is 2.23 bits per heavy atom. The van der Waals surface area contributed by atoms with Crippen molar-refractivity contribution in [3.63, 3.8) is 0 Å². The molecule has 0 aliphatic heterocycles. The van der Waals surface area contributed by atoms with Gasteiger partial charge in [-0.2, -0.15) is 0 Å². The normalized spacial score (nSPS) is 13.9. The van der Waals surface area contributed by atoms with Gasteiger partial charge >= 0.3 is 12.2 Å². The second kappa shape index (κ2) is 13.8. The number of allylic oxidation sites excluding steroid dienone is 2. The van der Waals surface area contributed by atoms with Gasteiger partial charge in [0.2, 0.25) is 5.78 Å². The molecule has 12 heteroatoms. The van der Waals surface area contributed by atoms with E-state index < -0.39 is 53.5 Å². The zero-order valence-corrected chi connectivity index (χ0v) is 23.8. The second-order valence-electron chi connectivity index (χ2n) is 11.3. The topological polar surface area (TPSA) is 169 Å². The summed E-state index contributed by atoms with van der Waals surface area (Å²) in [5, 5.41) is 17.9. The molecular weight excluding hydrogens is 522 g/mol. The van der Waals surface area contributed by atoms with Gasteiger partial charge in [-0.1, -0.05) is 6.07 Å². The maximum absolute atomic E-state index is 12.5. The third kappa shape index (κ3) is 11.0. The number of amides is 3. The maximum atomic E-state index is 12.5. The summed E-state index contributed by atoms with van der Waals surface area (Å²) in [5.74, 6) is -2.24. The molecule has 0 saturated heterocycles. The molecule has 0 heterocycles. The van der Waals surface area contributed by atoms with Crippen LogP contribution < -0.4 is 16.0 Å². The van der Waals surface area contributed by atoms with Gasteiger partial charge in [0.1, 0.15) is 17.0 Å². The summed E-state index contributed by atoms with van der Waals surface area (Å²) in [6, 6.07) is 3.71. The van der Waals surface area contributed by atoms with E-state index in [1.165, 1.54) is 18.2 Å². The van der Waals surface area contributed by atoms with Crippen LogP contribution in [0.15, 0.2) is 30.0 Å². The van der Waals surface area contributed by atoms with Crippen LogP contribution in [0.2, 0.25) is 0 Å². The fourth-order valence-corrected chi connectivity index (χ4v) is 3.64. The molecule has 4 N–H and O–H groups in total. The Morgan fingerprint density at radius 2 is 1.57 bits per heavy atom. The Kier molecular flexibility index (Phi) is 11.1. The minimum absolute atomic E-state index is 0.0126. The van der Waals surface area contributed by atoms with Crippen LogP contribution in [0, 0.1) is 0 Å². The lowest BCUT2D eigenvalue weighted by Crippen LogP contribution is -2.46. The number of carbonyl (C=O) groups is 5. The molecule has 40 heavy (non-hydrogen) atoms. The van der Waals surface area contributed by atoms with Gasteiger partial charge in [0.15, 0.2) is 18.1 Å². The number of phenolic OH excluding ortho intramolecular Hbond substituents is 1. The Labute approximate surface area is 233 Å². The van der Waals surface area contributed by atoms with Crippen molar-refractivity contribution in [3.05, 3.63) is 41.2 Å². The standard InChI is InChI=1S/C28H39N3O9/c1-27(2,3)39-25(36)30-15-17(31-26(37)40-28(4,5)6)10-7-8-13-29-22(34)16-38-21-14-20(33)23-18(24(21)35)11-9-12-19(23)32/h9,11-12,14,17,32H,7-8,10,13,15-16H2,1-6H3,(H,29,34)(H,30,36)(H,31,37). The van der Waals surface area contributed by atoms with Crippen molar-refractivity contribution in [3.8, 4) is 5.75 Å². The van der Waals surface area contributed by atoms with E-state index in [1.807, 2.05) is 0 Å². The molecule has 3 amide bonds. The number of ketones is 2. The van der Waals surface area contributed by atoms with Gasteiger partial charge in [-0.25, -0.2) is 9.59 Å². The second-order valence-corrected chi connectivity index (χ2v) is 11.3. The van der Waals surface area contributed by atoms with Crippen LogP contribution in [0.4, 0.5) is 9.59 Å². The predicted octanol–water partition coefficient (Wildman–Crippen LogP) is 3.38. The average Bonchev–Trinajstić information content (AvgIpc) is 2.81. The summed E-state index contributed by atoms with van der Waals surface area (Å²) in [7, 11) is 0. The van der Waals surface area contributed by atoms with Crippen LogP contribution in [0.5, 0.6) is 5.75 Å². The number of hydrogen-bond acceptors (Lipinski definition) is 9. The average molecular weight is 562 g/mol. The van der Waals surface area contributed by atoms with E-state index in [4.69, 9.17) is 14.2 Å². The van der Waals surface area contributed by atoms with Gasteiger partial charge in [0.05, 0.1) is 5.56 Å². The first-order valence-corrected chi connectivity index (χ1v) is 13.0. The first-order valence-electron chi connectivity index (χ1n) is 13.0. The fraction of sp³-hybridized carbons (Fsp3) is 0.536. The molecule has 1 aromatic carbocycles. The van der Waals surface area contributed by atoms with E-state index >= 15 is 0 Å². The molecule has 0 bridgehead atoms. The lowest BCUT2D eigenvalue weighted by molar-refractivity contribution is -0.124. The number of unbranched alkanes of at least 4 members (excludes halogenated alkanes) is 1. The van der Waals surface area contributed by atoms with E-state index in [0.717, 1.165) is 6.08 Å². The number of alkyl carbamates (subject to hydrolysis) is 2. The lowest BCUT2D eigenvalue weighted by atomic mass is 9.93. The Morgan fingerprint density at radius 1 is 0.925 bits per heavy atom. The van der Waals surface area contributed by atoms with Gasteiger partial charge in [-0.15, -0.1) is 0 Å². The number of ether oxygens (including phenoxy) is 3. The van der Waals surface area contributed by atoms with Crippen molar-refractivity contribution in [1.82, 2.24) is 16.0 Å². The molecular formula is C28H39N3O9. The molecule has 1 unspecified atom stereocenters. The Hall–Kier alpha value is -4.09. The largest absolute Gasteiger partial charge is 0.507 e. The van der Waals surface area contributed by atoms with Crippen molar-refractivity contribution < 1.29 is 43.3 Å². The first-order chi connectivity index (χ1) is 18.6. The predicted molar refractivity (Wildman–Crippen MR) is 145 cm³/mol. The Balaban J connectivity index is 1.78. The third-order valence-electron chi connectivity index (χ3n) is 5.29.